The highest BCUT2D eigenvalue weighted by atomic mass is 35.5. The van der Waals surface area contributed by atoms with E-state index in [1.165, 1.54) is 0 Å². The third kappa shape index (κ3) is 7.00. The molecule has 2 N–H and O–H groups in total. The van der Waals surface area contributed by atoms with E-state index in [-0.39, 0.29) is 17.1 Å². The van der Waals surface area contributed by atoms with Crippen LogP contribution in [0.3, 0.4) is 0 Å². The van der Waals surface area contributed by atoms with Crippen LogP contribution in [0.25, 0.3) is 0 Å². The van der Waals surface area contributed by atoms with Gasteiger partial charge in [-0.15, -0.1) is 14.9 Å². The predicted octanol–water partition coefficient (Wildman–Crippen LogP) is 3.24. The van der Waals surface area contributed by atoms with Crippen molar-refractivity contribution < 1.29 is 14.1 Å². The molecule has 0 aromatic carbocycles. The highest BCUT2D eigenvalue weighted by Crippen LogP contribution is 2.28. The average Bonchev–Trinajstić information content (AvgIpc) is 2.51. The zero-order valence-corrected chi connectivity index (χ0v) is 18.0. The fraction of sp³-hybridized carbons (Fsp3) is 0.706. The monoisotopic (exact) mass is 404 g/mol. The lowest BCUT2D eigenvalue weighted by molar-refractivity contribution is -0.123. The summed E-state index contributed by atoms with van der Waals surface area (Å²) >= 11 is 4.92. The van der Waals surface area contributed by atoms with E-state index in [9.17, 15) is 9.35 Å². The summed E-state index contributed by atoms with van der Waals surface area (Å²) in [5.74, 6) is 0.120. The molecule has 0 radical (unpaired) electrons. The van der Waals surface area contributed by atoms with Crippen LogP contribution in [0, 0.1) is 5.41 Å². The minimum Gasteiger partial charge on any atom is -0.598 e. The molecule has 148 valence electrons. The van der Waals surface area contributed by atoms with Crippen molar-refractivity contribution in [2.45, 2.75) is 58.8 Å². The Labute approximate surface area is 163 Å². The van der Waals surface area contributed by atoms with Gasteiger partial charge in [-0.2, -0.15) is 0 Å². The summed E-state index contributed by atoms with van der Waals surface area (Å²) in [4.78, 5) is 12.2. The first-order valence-electron chi connectivity index (χ1n) is 8.38. The van der Waals surface area contributed by atoms with Crippen molar-refractivity contribution in [3.05, 3.63) is 16.8 Å². The van der Waals surface area contributed by atoms with Crippen molar-refractivity contribution in [1.29, 1.82) is 0 Å². The van der Waals surface area contributed by atoms with E-state index in [0.717, 1.165) is 0 Å². The molecule has 0 aliphatic carbocycles. The summed E-state index contributed by atoms with van der Waals surface area (Å²) < 4.78 is 20.3. The van der Waals surface area contributed by atoms with Crippen LogP contribution in [-0.2, 0) is 20.9 Å². The lowest BCUT2D eigenvalue weighted by Gasteiger charge is -2.28. The fourth-order valence-electron chi connectivity index (χ4n) is 1.82. The van der Waals surface area contributed by atoms with Gasteiger partial charge in [0.2, 0.25) is 5.91 Å². The van der Waals surface area contributed by atoms with Gasteiger partial charge in [-0.1, -0.05) is 32.4 Å². The molecule has 9 heteroatoms. The molecule has 2 unspecified atom stereocenters. The predicted molar refractivity (Wildman–Crippen MR) is 105 cm³/mol. The molecule has 0 fully saturated rings. The summed E-state index contributed by atoms with van der Waals surface area (Å²) in [5, 5.41) is 10.8. The van der Waals surface area contributed by atoms with Crippen molar-refractivity contribution in [3.8, 4) is 0 Å². The maximum atomic E-state index is 12.5. The molecule has 0 saturated heterocycles. The van der Waals surface area contributed by atoms with Crippen molar-refractivity contribution in [2.24, 2.45) is 5.41 Å². The number of hydrogen-bond donors (Lipinski definition) is 2. The summed E-state index contributed by atoms with van der Waals surface area (Å²) in [7, 11) is 1.60. The second-order valence-corrected chi connectivity index (χ2v) is 10.4. The average molecular weight is 405 g/mol. The van der Waals surface area contributed by atoms with Gasteiger partial charge < -0.3 is 14.6 Å². The first-order valence-corrected chi connectivity index (χ1v) is 9.90. The molecule has 0 bridgehead atoms. The number of ether oxygens (including phenoxy) is 1. The number of halogens is 1. The van der Waals surface area contributed by atoms with E-state index in [2.05, 4.69) is 20.2 Å². The van der Waals surface area contributed by atoms with E-state index in [1.807, 2.05) is 41.5 Å². The third-order valence-corrected chi connectivity index (χ3v) is 5.40. The van der Waals surface area contributed by atoms with Crippen LogP contribution < -0.4 is 10.0 Å². The van der Waals surface area contributed by atoms with Gasteiger partial charge in [0.1, 0.15) is 4.75 Å². The molecule has 1 aromatic heterocycles. The van der Waals surface area contributed by atoms with E-state index >= 15 is 0 Å². The van der Waals surface area contributed by atoms with E-state index in [4.69, 9.17) is 16.3 Å². The number of methoxy groups -OCH3 is 1. The van der Waals surface area contributed by atoms with Gasteiger partial charge in [-0.05, 0) is 33.3 Å². The first-order chi connectivity index (χ1) is 11.9. The zero-order valence-electron chi connectivity index (χ0n) is 16.5. The maximum Gasteiger partial charge on any atom is 0.230 e. The van der Waals surface area contributed by atoms with Crippen molar-refractivity contribution >= 4 is 34.7 Å². The summed E-state index contributed by atoms with van der Waals surface area (Å²) in [6.07, 6.45) is 0.538. The Bertz CT molecular complexity index is 617. The minimum absolute atomic E-state index is 0.181. The Balaban J connectivity index is 3.12. The fourth-order valence-corrected chi connectivity index (χ4v) is 2.90. The Morgan fingerprint density at radius 3 is 2.42 bits per heavy atom. The van der Waals surface area contributed by atoms with Crippen LogP contribution in [0.1, 0.15) is 59.6 Å². The van der Waals surface area contributed by atoms with E-state index in [0.29, 0.717) is 24.4 Å². The van der Waals surface area contributed by atoms with Crippen molar-refractivity contribution in [1.82, 2.24) is 14.9 Å². The normalized spacial score (nSPS) is 14.8. The number of nitrogens with one attached hydrogen (secondary N) is 2. The topological polar surface area (TPSA) is 99.2 Å². The van der Waals surface area contributed by atoms with Crippen LogP contribution in [0.2, 0.25) is 5.15 Å². The SMILES string of the molecule is COCCC(N[S+]([O-])C(C)(C)C)c1cc(NC(=O)C(C)(C)C)nnc1Cl. The minimum atomic E-state index is -1.31. The number of anilines is 1. The Morgan fingerprint density at radius 1 is 1.31 bits per heavy atom. The molecule has 1 amide bonds. The van der Waals surface area contributed by atoms with Crippen molar-refractivity contribution in [3.63, 3.8) is 0 Å². The quantitative estimate of drug-likeness (QED) is 0.676. The standard InChI is InChI=1S/C17H29ClN4O3S/c1-16(2,3)15(23)19-13-10-11(14(18)21-20-13)12(8-9-25-7)22-26(24)17(4,5)6/h10,12,22H,8-9H2,1-7H3,(H,19,20,23). The number of rotatable bonds is 7. The Morgan fingerprint density at radius 2 is 1.92 bits per heavy atom. The summed E-state index contributed by atoms with van der Waals surface area (Å²) in [5.41, 5.74) is 0.0450. The highest BCUT2D eigenvalue weighted by Gasteiger charge is 2.31. The number of nitrogens with zero attached hydrogens (tertiary/aromatic N) is 2. The molecule has 7 nitrogen and oxygen atoms in total. The van der Waals surface area contributed by atoms with Gasteiger partial charge in [0.15, 0.2) is 11.0 Å². The molecule has 1 aromatic rings. The van der Waals surface area contributed by atoms with Gasteiger partial charge in [-0.3, -0.25) is 4.79 Å². The van der Waals surface area contributed by atoms with Crippen LogP contribution >= 0.6 is 11.6 Å². The third-order valence-electron chi connectivity index (χ3n) is 3.49. The molecular formula is C17H29ClN4O3S. The van der Waals surface area contributed by atoms with Gasteiger partial charge >= 0.3 is 0 Å². The largest absolute Gasteiger partial charge is 0.598 e. The number of aromatic nitrogens is 2. The van der Waals surface area contributed by atoms with Crippen LogP contribution in [0.4, 0.5) is 5.82 Å². The molecule has 1 rings (SSSR count). The highest BCUT2D eigenvalue weighted by molar-refractivity contribution is 7.90. The van der Waals surface area contributed by atoms with Gasteiger partial charge in [0, 0.05) is 36.1 Å². The summed E-state index contributed by atoms with van der Waals surface area (Å²) in [6.45, 7) is 11.5. The molecule has 1 heterocycles. The Hall–Kier alpha value is -0.930. The second-order valence-electron chi connectivity index (χ2n) is 8.01. The summed E-state index contributed by atoms with van der Waals surface area (Å²) in [6, 6.07) is 1.30. The van der Waals surface area contributed by atoms with E-state index in [1.54, 1.807) is 13.2 Å². The Kier molecular flexibility index (Phi) is 8.29. The van der Waals surface area contributed by atoms with Crippen LogP contribution in [-0.4, -0.2) is 39.1 Å². The van der Waals surface area contributed by atoms with Gasteiger partial charge in [0.05, 0.1) is 6.04 Å². The van der Waals surface area contributed by atoms with Crippen LogP contribution in [0.5, 0.6) is 0 Å². The lowest BCUT2D eigenvalue weighted by atomic mass is 9.96. The molecule has 0 aliphatic heterocycles. The number of carbonyl (C=O) groups is 1. The number of hydrogen-bond acceptors (Lipinski definition) is 6. The molecule has 2 atom stereocenters. The lowest BCUT2D eigenvalue weighted by Crippen LogP contribution is -2.41. The maximum absolute atomic E-state index is 12.5. The molecular weight excluding hydrogens is 376 g/mol. The van der Waals surface area contributed by atoms with Crippen LogP contribution in [0.15, 0.2) is 6.07 Å². The zero-order chi connectivity index (χ0) is 20.1. The van der Waals surface area contributed by atoms with Gasteiger partial charge in [-0.25, -0.2) is 0 Å². The molecule has 0 spiro atoms. The smallest absolute Gasteiger partial charge is 0.230 e. The second kappa shape index (κ2) is 9.32. The number of amides is 1. The molecule has 0 saturated carbocycles. The molecule has 26 heavy (non-hydrogen) atoms. The van der Waals surface area contributed by atoms with Crippen molar-refractivity contribution in [2.75, 3.05) is 19.0 Å². The van der Waals surface area contributed by atoms with Gasteiger partial charge in [0.25, 0.3) is 0 Å². The number of carbonyl (C=O) groups excluding carboxylic acids is 1. The van der Waals surface area contributed by atoms with E-state index < -0.39 is 21.5 Å². The first kappa shape index (κ1) is 23.1. The molecule has 0 aliphatic rings.